The van der Waals surface area contributed by atoms with Gasteiger partial charge in [-0.2, -0.15) is 0 Å². The van der Waals surface area contributed by atoms with E-state index in [2.05, 4.69) is 22.0 Å². The van der Waals surface area contributed by atoms with E-state index in [1.54, 1.807) is 0 Å². The molecule has 2 saturated heterocycles. The summed E-state index contributed by atoms with van der Waals surface area (Å²) in [5.41, 5.74) is 5.53. The minimum atomic E-state index is -0.181. The Balaban J connectivity index is 1.67. The Hall–Kier alpha value is -0.650. The number of likely N-dealkylation sites (tertiary alicyclic amines) is 1. The SMILES string of the molecule is CC1CC(N2CCNCC2C(N)=O)CN1C1CC1. The van der Waals surface area contributed by atoms with Crippen LogP contribution in [0.3, 0.4) is 0 Å². The molecule has 102 valence electrons. The second kappa shape index (κ2) is 4.79. The monoisotopic (exact) mass is 252 g/mol. The maximum atomic E-state index is 11.6. The van der Waals surface area contributed by atoms with Gasteiger partial charge in [-0.25, -0.2) is 0 Å². The molecule has 0 radical (unpaired) electrons. The maximum Gasteiger partial charge on any atom is 0.236 e. The molecular formula is C13H24N4O. The van der Waals surface area contributed by atoms with Gasteiger partial charge in [-0.1, -0.05) is 0 Å². The second-order valence-electron chi connectivity index (χ2n) is 6.03. The third-order valence-electron chi connectivity index (χ3n) is 4.70. The summed E-state index contributed by atoms with van der Waals surface area (Å²) < 4.78 is 0. The van der Waals surface area contributed by atoms with Gasteiger partial charge in [0.1, 0.15) is 6.04 Å². The summed E-state index contributed by atoms with van der Waals surface area (Å²) in [6.07, 6.45) is 3.90. The molecule has 3 N–H and O–H groups in total. The third-order valence-corrected chi connectivity index (χ3v) is 4.70. The highest BCUT2D eigenvalue weighted by molar-refractivity contribution is 5.80. The number of piperazine rings is 1. The zero-order chi connectivity index (χ0) is 12.7. The first kappa shape index (κ1) is 12.4. The van der Waals surface area contributed by atoms with E-state index in [-0.39, 0.29) is 11.9 Å². The Kier molecular flexibility index (Phi) is 3.30. The molecular weight excluding hydrogens is 228 g/mol. The van der Waals surface area contributed by atoms with Crippen molar-refractivity contribution in [1.82, 2.24) is 15.1 Å². The number of hydrogen-bond donors (Lipinski definition) is 2. The van der Waals surface area contributed by atoms with E-state index < -0.39 is 0 Å². The molecule has 3 aliphatic rings. The van der Waals surface area contributed by atoms with Crippen molar-refractivity contribution in [3.63, 3.8) is 0 Å². The van der Waals surface area contributed by atoms with Gasteiger partial charge in [0.05, 0.1) is 0 Å². The van der Waals surface area contributed by atoms with E-state index in [0.717, 1.165) is 25.7 Å². The second-order valence-corrected chi connectivity index (χ2v) is 6.03. The van der Waals surface area contributed by atoms with Crippen LogP contribution in [-0.2, 0) is 4.79 Å². The van der Waals surface area contributed by atoms with Crippen molar-refractivity contribution in [2.24, 2.45) is 5.73 Å². The molecule has 0 bridgehead atoms. The lowest BCUT2D eigenvalue weighted by Gasteiger charge is -2.38. The molecule has 0 aromatic carbocycles. The molecule has 5 heteroatoms. The smallest absolute Gasteiger partial charge is 0.236 e. The van der Waals surface area contributed by atoms with Crippen LogP contribution in [0, 0.1) is 0 Å². The first-order valence-electron chi connectivity index (χ1n) is 7.18. The molecule has 18 heavy (non-hydrogen) atoms. The molecule has 1 amide bonds. The molecule has 5 nitrogen and oxygen atoms in total. The summed E-state index contributed by atoms with van der Waals surface area (Å²) in [4.78, 5) is 16.5. The van der Waals surface area contributed by atoms with Gasteiger partial charge >= 0.3 is 0 Å². The quantitative estimate of drug-likeness (QED) is 0.702. The van der Waals surface area contributed by atoms with Gasteiger partial charge in [0.25, 0.3) is 0 Å². The topological polar surface area (TPSA) is 61.6 Å². The molecule has 1 saturated carbocycles. The van der Waals surface area contributed by atoms with Crippen LogP contribution in [0.5, 0.6) is 0 Å². The molecule has 3 atom stereocenters. The summed E-state index contributed by atoms with van der Waals surface area (Å²) in [6.45, 7) is 6.07. The fourth-order valence-electron chi connectivity index (χ4n) is 3.60. The van der Waals surface area contributed by atoms with E-state index >= 15 is 0 Å². The summed E-state index contributed by atoms with van der Waals surface area (Å²) in [7, 11) is 0. The summed E-state index contributed by atoms with van der Waals surface area (Å²) >= 11 is 0. The average Bonchev–Trinajstić information content (AvgIpc) is 3.13. The van der Waals surface area contributed by atoms with Crippen LogP contribution in [0.1, 0.15) is 26.2 Å². The molecule has 0 aromatic rings. The average molecular weight is 252 g/mol. The van der Waals surface area contributed by atoms with E-state index in [4.69, 9.17) is 5.73 Å². The Labute approximate surface area is 109 Å². The number of nitrogens with one attached hydrogen (secondary N) is 1. The standard InChI is InChI=1S/C13H24N4O/c1-9-6-11(8-17(9)10-2-3-10)16-5-4-15-7-12(16)13(14)18/h9-12,15H,2-8H2,1H3,(H2,14,18). The summed E-state index contributed by atoms with van der Waals surface area (Å²) in [6, 6.07) is 1.88. The van der Waals surface area contributed by atoms with Crippen molar-refractivity contribution in [3.05, 3.63) is 0 Å². The van der Waals surface area contributed by atoms with Crippen molar-refractivity contribution in [2.75, 3.05) is 26.2 Å². The molecule has 2 heterocycles. The van der Waals surface area contributed by atoms with Crippen molar-refractivity contribution in [1.29, 1.82) is 0 Å². The maximum absolute atomic E-state index is 11.6. The lowest BCUT2D eigenvalue weighted by Crippen LogP contribution is -2.60. The fraction of sp³-hybridized carbons (Fsp3) is 0.923. The molecule has 3 fully saturated rings. The predicted molar refractivity (Wildman–Crippen MR) is 70.2 cm³/mol. The number of rotatable bonds is 3. The molecule has 0 spiro atoms. The lowest BCUT2D eigenvalue weighted by atomic mass is 10.1. The number of primary amides is 1. The Morgan fingerprint density at radius 3 is 2.72 bits per heavy atom. The first-order chi connectivity index (χ1) is 8.66. The normalized spacial score (nSPS) is 39.1. The van der Waals surface area contributed by atoms with Gasteiger partial charge in [-0.05, 0) is 26.2 Å². The van der Waals surface area contributed by atoms with Gasteiger partial charge in [0, 0.05) is 44.3 Å². The van der Waals surface area contributed by atoms with Crippen LogP contribution < -0.4 is 11.1 Å². The van der Waals surface area contributed by atoms with Crippen LogP contribution in [0.4, 0.5) is 0 Å². The van der Waals surface area contributed by atoms with Gasteiger partial charge in [0.15, 0.2) is 0 Å². The predicted octanol–water partition coefficient (Wildman–Crippen LogP) is -0.629. The lowest BCUT2D eigenvalue weighted by molar-refractivity contribution is -0.124. The van der Waals surface area contributed by atoms with Crippen LogP contribution in [0.25, 0.3) is 0 Å². The molecule has 3 rings (SSSR count). The number of nitrogens with zero attached hydrogens (tertiary/aromatic N) is 2. The van der Waals surface area contributed by atoms with E-state index in [1.807, 2.05) is 0 Å². The van der Waals surface area contributed by atoms with Crippen molar-refractivity contribution in [3.8, 4) is 0 Å². The van der Waals surface area contributed by atoms with Crippen molar-refractivity contribution < 1.29 is 4.79 Å². The Morgan fingerprint density at radius 1 is 1.28 bits per heavy atom. The summed E-state index contributed by atoms with van der Waals surface area (Å²) in [5, 5.41) is 3.27. The van der Waals surface area contributed by atoms with Crippen molar-refractivity contribution >= 4 is 5.91 Å². The van der Waals surface area contributed by atoms with Crippen molar-refractivity contribution in [2.45, 2.75) is 50.4 Å². The van der Waals surface area contributed by atoms with Gasteiger partial charge in [0.2, 0.25) is 5.91 Å². The van der Waals surface area contributed by atoms with Crippen LogP contribution in [-0.4, -0.2) is 66.1 Å². The van der Waals surface area contributed by atoms with E-state index in [1.165, 1.54) is 19.3 Å². The number of carbonyl (C=O) groups is 1. The number of carbonyl (C=O) groups excluding carboxylic acids is 1. The number of hydrogen-bond acceptors (Lipinski definition) is 4. The zero-order valence-electron chi connectivity index (χ0n) is 11.1. The zero-order valence-corrected chi connectivity index (χ0v) is 11.1. The highest BCUT2D eigenvalue weighted by Crippen LogP contribution is 2.35. The fourth-order valence-corrected chi connectivity index (χ4v) is 3.60. The third kappa shape index (κ3) is 2.27. The van der Waals surface area contributed by atoms with Crippen LogP contribution >= 0.6 is 0 Å². The largest absolute Gasteiger partial charge is 0.368 e. The summed E-state index contributed by atoms with van der Waals surface area (Å²) in [5.74, 6) is -0.181. The Bertz CT molecular complexity index is 331. The number of nitrogens with two attached hydrogens (primary N) is 1. The van der Waals surface area contributed by atoms with E-state index in [0.29, 0.717) is 18.6 Å². The highest BCUT2D eigenvalue weighted by atomic mass is 16.1. The highest BCUT2D eigenvalue weighted by Gasteiger charge is 2.43. The molecule has 2 aliphatic heterocycles. The van der Waals surface area contributed by atoms with Gasteiger partial charge in [-0.3, -0.25) is 14.6 Å². The van der Waals surface area contributed by atoms with Gasteiger partial charge < -0.3 is 11.1 Å². The van der Waals surface area contributed by atoms with Gasteiger partial charge in [-0.15, -0.1) is 0 Å². The molecule has 0 aromatic heterocycles. The number of amides is 1. The minimum absolute atomic E-state index is 0.116. The molecule has 3 unspecified atom stereocenters. The first-order valence-corrected chi connectivity index (χ1v) is 7.18. The van der Waals surface area contributed by atoms with E-state index in [9.17, 15) is 4.79 Å². The molecule has 1 aliphatic carbocycles. The minimum Gasteiger partial charge on any atom is -0.368 e. The Morgan fingerprint density at radius 2 is 2.06 bits per heavy atom. The van der Waals surface area contributed by atoms with Crippen LogP contribution in [0.15, 0.2) is 0 Å². The van der Waals surface area contributed by atoms with Crippen LogP contribution in [0.2, 0.25) is 0 Å².